The van der Waals surface area contributed by atoms with Crippen LogP contribution in [0, 0.1) is 13.8 Å². The summed E-state index contributed by atoms with van der Waals surface area (Å²) in [6, 6.07) is 15.0. The Morgan fingerprint density at radius 2 is 1.86 bits per heavy atom. The summed E-state index contributed by atoms with van der Waals surface area (Å²) in [7, 11) is -3.49. The third-order valence-corrected chi connectivity index (χ3v) is 6.83. The van der Waals surface area contributed by atoms with Crippen LogP contribution in [0.3, 0.4) is 0 Å². The molecule has 0 radical (unpaired) electrons. The van der Waals surface area contributed by atoms with Crippen LogP contribution in [0.5, 0.6) is 5.75 Å². The standard InChI is InChI=1S/C20H22N4O3S/c1-15-8-9-16(2)20(10-15)28(25,26)23-12-18(13-23)24-11-17(21-22-24)14-27-19-6-4-3-5-7-19/h3-11,18H,12-14H2,1-2H3. The summed E-state index contributed by atoms with van der Waals surface area (Å²) in [5.41, 5.74) is 2.40. The predicted octanol–water partition coefficient (Wildman–Crippen LogP) is 2.72. The molecule has 0 unspecified atom stereocenters. The van der Waals surface area contributed by atoms with Crippen molar-refractivity contribution in [2.45, 2.75) is 31.4 Å². The van der Waals surface area contributed by atoms with Gasteiger partial charge in [0.1, 0.15) is 18.1 Å². The first-order chi connectivity index (χ1) is 13.4. The summed E-state index contributed by atoms with van der Waals surface area (Å²) >= 11 is 0. The smallest absolute Gasteiger partial charge is 0.243 e. The van der Waals surface area contributed by atoms with Crippen molar-refractivity contribution in [3.63, 3.8) is 0 Å². The van der Waals surface area contributed by atoms with E-state index in [-0.39, 0.29) is 6.04 Å². The van der Waals surface area contributed by atoms with E-state index in [1.54, 1.807) is 10.7 Å². The lowest BCUT2D eigenvalue weighted by atomic mass is 10.2. The molecule has 7 nitrogen and oxygen atoms in total. The van der Waals surface area contributed by atoms with Crippen molar-refractivity contribution >= 4 is 10.0 Å². The van der Waals surface area contributed by atoms with E-state index >= 15 is 0 Å². The van der Waals surface area contributed by atoms with Crippen LogP contribution < -0.4 is 4.74 Å². The zero-order valence-corrected chi connectivity index (χ0v) is 16.6. The molecule has 0 atom stereocenters. The summed E-state index contributed by atoms with van der Waals surface area (Å²) in [6.45, 7) is 4.81. The van der Waals surface area contributed by atoms with Crippen LogP contribution in [0.25, 0.3) is 0 Å². The van der Waals surface area contributed by atoms with E-state index in [4.69, 9.17) is 4.74 Å². The largest absolute Gasteiger partial charge is 0.487 e. The molecule has 8 heteroatoms. The van der Waals surface area contributed by atoms with Gasteiger partial charge in [-0.2, -0.15) is 4.31 Å². The maximum absolute atomic E-state index is 12.9. The second-order valence-corrected chi connectivity index (χ2v) is 8.94. The first kappa shape index (κ1) is 18.6. The van der Waals surface area contributed by atoms with Gasteiger partial charge >= 0.3 is 0 Å². The molecule has 0 aliphatic carbocycles. The van der Waals surface area contributed by atoms with Crippen LogP contribution in [0.1, 0.15) is 22.9 Å². The van der Waals surface area contributed by atoms with Crippen molar-refractivity contribution < 1.29 is 13.2 Å². The Hall–Kier alpha value is -2.71. The number of aryl methyl sites for hydroxylation is 2. The Labute approximate surface area is 164 Å². The van der Waals surface area contributed by atoms with Crippen LogP contribution in [-0.4, -0.2) is 40.8 Å². The number of para-hydroxylation sites is 1. The minimum absolute atomic E-state index is 0.0159. The number of hydrogen-bond acceptors (Lipinski definition) is 5. The van der Waals surface area contributed by atoms with Gasteiger partial charge in [0.25, 0.3) is 0 Å². The number of ether oxygens (including phenoxy) is 1. The molecule has 1 aromatic heterocycles. The molecule has 1 aliphatic rings. The SMILES string of the molecule is Cc1ccc(C)c(S(=O)(=O)N2CC(n3cc(COc4ccccc4)nn3)C2)c1. The zero-order valence-electron chi connectivity index (χ0n) is 15.8. The lowest BCUT2D eigenvalue weighted by Gasteiger charge is -2.37. The normalized spacial score (nSPS) is 15.4. The lowest BCUT2D eigenvalue weighted by Crippen LogP contribution is -2.50. The van der Waals surface area contributed by atoms with Gasteiger partial charge in [-0.3, -0.25) is 0 Å². The van der Waals surface area contributed by atoms with E-state index in [9.17, 15) is 8.42 Å². The Bertz CT molecular complexity index is 1070. The molecule has 2 heterocycles. The molecule has 2 aromatic carbocycles. The highest BCUT2D eigenvalue weighted by Crippen LogP contribution is 2.29. The fraction of sp³-hybridized carbons (Fsp3) is 0.300. The van der Waals surface area contributed by atoms with E-state index in [0.717, 1.165) is 16.9 Å². The fourth-order valence-electron chi connectivity index (χ4n) is 3.14. The van der Waals surface area contributed by atoms with Gasteiger partial charge in [0.15, 0.2) is 0 Å². The molecule has 146 valence electrons. The molecule has 1 aliphatic heterocycles. The maximum Gasteiger partial charge on any atom is 0.243 e. The van der Waals surface area contributed by atoms with Gasteiger partial charge in [-0.25, -0.2) is 13.1 Å². The monoisotopic (exact) mass is 398 g/mol. The summed E-state index contributed by atoms with van der Waals surface area (Å²) < 4.78 is 34.7. The van der Waals surface area contributed by atoms with Gasteiger partial charge < -0.3 is 4.74 Å². The number of aromatic nitrogens is 3. The first-order valence-electron chi connectivity index (χ1n) is 9.09. The number of nitrogens with zero attached hydrogens (tertiary/aromatic N) is 4. The molecule has 0 amide bonds. The molecular weight excluding hydrogens is 376 g/mol. The van der Waals surface area contributed by atoms with Crippen molar-refractivity contribution in [1.29, 1.82) is 0 Å². The van der Waals surface area contributed by atoms with Crippen molar-refractivity contribution in [1.82, 2.24) is 19.3 Å². The average molecular weight is 398 g/mol. The molecular formula is C20H22N4O3S. The van der Waals surface area contributed by atoms with Crippen molar-refractivity contribution in [2.24, 2.45) is 0 Å². The number of benzene rings is 2. The molecule has 0 saturated carbocycles. The first-order valence-corrected chi connectivity index (χ1v) is 10.5. The molecule has 0 spiro atoms. The summed E-state index contributed by atoms with van der Waals surface area (Å²) in [5, 5.41) is 8.26. The maximum atomic E-state index is 12.9. The zero-order chi connectivity index (χ0) is 19.7. The average Bonchev–Trinajstić information content (AvgIpc) is 3.10. The highest BCUT2D eigenvalue weighted by molar-refractivity contribution is 7.89. The van der Waals surface area contributed by atoms with E-state index in [1.165, 1.54) is 4.31 Å². The highest BCUT2D eigenvalue weighted by Gasteiger charge is 2.39. The van der Waals surface area contributed by atoms with Crippen LogP contribution >= 0.6 is 0 Å². The fourth-order valence-corrected chi connectivity index (χ4v) is 4.96. The summed E-state index contributed by atoms with van der Waals surface area (Å²) in [4.78, 5) is 0.376. The van der Waals surface area contributed by atoms with Gasteiger partial charge in [0, 0.05) is 13.1 Å². The van der Waals surface area contributed by atoms with Crippen LogP contribution in [0.15, 0.2) is 59.6 Å². The van der Waals surface area contributed by atoms with Crippen LogP contribution in [-0.2, 0) is 16.6 Å². The second-order valence-electron chi connectivity index (χ2n) is 7.04. The van der Waals surface area contributed by atoms with E-state index in [0.29, 0.717) is 30.3 Å². The number of sulfonamides is 1. The molecule has 1 saturated heterocycles. The van der Waals surface area contributed by atoms with Crippen molar-refractivity contribution in [3.05, 3.63) is 71.5 Å². The summed E-state index contributed by atoms with van der Waals surface area (Å²) in [5.74, 6) is 0.770. The van der Waals surface area contributed by atoms with Crippen LogP contribution in [0.2, 0.25) is 0 Å². The number of rotatable bonds is 6. The summed E-state index contributed by atoms with van der Waals surface area (Å²) in [6.07, 6.45) is 1.81. The van der Waals surface area contributed by atoms with Gasteiger partial charge in [0.2, 0.25) is 10.0 Å². The number of hydrogen-bond donors (Lipinski definition) is 0. The Morgan fingerprint density at radius 1 is 1.11 bits per heavy atom. The van der Waals surface area contributed by atoms with E-state index < -0.39 is 10.0 Å². The highest BCUT2D eigenvalue weighted by atomic mass is 32.2. The van der Waals surface area contributed by atoms with E-state index in [1.807, 2.05) is 62.5 Å². The Balaban J connectivity index is 1.39. The molecule has 28 heavy (non-hydrogen) atoms. The lowest BCUT2D eigenvalue weighted by molar-refractivity contribution is 0.188. The Morgan fingerprint density at radius 3 is 2.61 bits per heavy atom. The van der Waals surface area contributed by atoms with Gasteiger partial charge in [-0.05, 0) is 43.2 Å². The quantitative estimate of drug-likeness (QED) is 0.638. The van der Waals surface area contributed by atoms with Gasteiger partial charge in [-0.15, -0.1) is 5.10 Å². The topological polar surface area (TPSA) is 77.3 Å². The third kappa shape index (κ3) is 3.65. The van der Waals surface area contributed by atoms with Crippen molar-refractivity contribution in [3.8, 4) is 5.75 Å². The van der Waals surface area contributed by atoms with Gasteiger partial charge in [0.05, 0.1) is 17.1 Å². The second kappa shape index (κ2) is 7.37. The van der Waals surface area contributed by atoms with Gasteiger partial charge in [-0.1, -0.05) is 35.5 Å². The Kier molecular flexibility index (Phi) is 4.91. The molecule has 4 rings (SSSR count). The molecule has 0 bridgehead atoms. The van der Waals surface area contributed by atoms with Crippen molar-refractivity contribution in [2.75, 3.05) is 13.1 Å². The minimum atomic E-state index is -3.49. The minimum Gasteiger partial charge on any atom is -0.487 e. The van der Waals surface area contributed by atoms with Crippen LogP contribution in [0.4, 0.5) is 0 Å². The molecule has 1 fully saturated rings. The molecule has 0 N–H and O–H groups in total. The van der Waals surface area contributed by atoms with E-state index in [2.05, 4.69) is 10.3 Å². The predicted molar refractivity (Wildman–Crippen MR) is 105 cm³/mol. The third-order valence-electron chi connectivity index (χ3n) is 4.85. The molecule has 3 aromatic rings.